The van der Waals surface area contributed by atoms with Gasteiger partial charge in [0.15, 0.2) is 5.69 Å². The summed E-state index contributed by atoms with van der Waals surface area (Å²) in [5, 5.41) is 22.6. The van der Waals surface area contributed by atoms with E-state index in [0.29, 0.717) is 15.5 Å². The Morgan fingerprint density at radius 3 is 2.33 bits per heavy atom. The van der Waals surface area contributed by atoms with Gasteiger partial charge in [-0.2, -0.15) is 9.61 Å². The van der Waals surface area contributed by atoms with Gasteiger partial charge in [-0.15, -0.1) is 10.2 Å². The van der Waals surface area contributed by atoms with Gasteiger partial charge in [0.1, 0.15) is 10.8 Å². The number of hydrogen-bond donors (Lipinski definition) is 1. The monoisotopic (exact) mass is 336 g/mol. The summed E-state index contributed by atoms with van der Waals surface area (Å²) in [6.07, 6.45) is 0. The number of aromatic nitrogens is 4. The topological polar surface area (TPSA) is 80.4 Å². The summed E-state index contributed by atoms with van der Waals surface area (Å²) in [4.78, 5) is 13.1. The number of nitrogens with zero attached hydrogens (tertiary/aromatic N) is 4. The van der Waals surface area contributed by atoms with Gasteiger partial charge in [-0.05, 0) is 31.2 Å². The Labute approximate surface area is 140 Å². The lowest BCUT2D eigenvalue weighted by molar-refractivity contribution is 0.475. The second kappa shape index (κ2) is 5.54. The van der Waals surface area contributed by atoms with E-state index in [1.807, 2.05) is 31.2 Å². The van der Waals surface area contributed by atoms with Gasteiger partial charge in [0, 0.05) is 11.1 Å². The zero-order chi connectivity index (χ0) is 16.7. The van der Waals surface area contributed by atoms with E-state index in [-0.39, 0.29) is 17.0 Å². The minimum Gasteiger partial charge on any atom is -0.508 e. The molecule has 0 unspecified atom stereocenters. The van der Waals surface area contributed by atoms with Crippen LogP contribution in [-0.2, 0) is 0 Å². The van der Waals surface area contributed by atoms with Crippen molar-refractivity contribution in [3.05, 3.63) is 64.4 Å². The SMILES string of the molecule is Cc1ccc(-c2nnc3sc(-c4ccc(O)cc4)nn3c2=O)cc1. The Hall–Kier alpha value is -3.06. The molecule has 0 aliphatic heterocycles. The van der Waals surface area contributed by atoms with Crippen LogP contribution in [0, 0.1) is 6.92 Å². The van der Waals surface area contributed by atoms with Crippen LogP contribution in [0.4, 0.5) is 0 Å². The van der Waals surface area contributed by atoms with Crippen molar-refractivity contribution >= 4 is 16.3 Å². The Morgan fingerprint density at radius 2 is 1.62 bits per heavy atom. The molecule has 4 aromatic rings. The highest BCUT2D eigenvalue weighted by atomic mass is 32.1. The summed E-state index contributed by atoms with van der Waals surface area (Å²) >= 11 is 1.27. The van der Waals surface area contributed by atoms with Crippen molar-refractivity contribution in [2.24, 2.45) is 0 Å². The molecular weight excluding hydrogens is 324 g/mol. The average molecular weight is 336 g/mol. The van der Waals surface area contributed by atoms with Crippen molar-refractivity contribution in [3.8, 4) is 27.6 Å². The van der Waals surface area contributed by atoms with Crippen LogP contribution in [0.1, 0.15) is 5.56 Å². The molecule has 1 N–H and O–H groups in total. The quantitative estimate of drug-likeness (QED) is 0.609. The molecule has 2 aromatic carbocycles. The van der Waals surface area contributed by atoms with Crippen molar-refractivity contribution in [1.82, 2.24) is 19.8 Å². The predicted molar refractivity (Wildman–Crippen MR) is 92.2 cm³/mol. The normalized spacial score (nSPS) is 11.0. The largest absolute Gasteiger partial charge is 0.508 e. The van der Waals surface area contributed by atoms with E-state index < -0.39 is 0 Å². The van der Waals surface area contributed by atoms with Crippen molar-refractivity contribution in [1.29, 1.82) is 0 Å². The highest BCUT2D eigenvalue weighted by Gasteiger charge is 2.14. The van der Waals surface area contributed by atoms with E-state index in [9.17, 15) is 9.90 Å². The minimum absolute atomic E-state index is 0.179. The lowest BCUT2D eigenvalue weighted by Crippen LogP contribution is -2.19. The number of fused-ring (bicyclic) bond motifs is 1. The molecule has 0 saturated carbocycles. The fourth-order valence-corrected chi connectivity index (χ4v) is 3.17. The molecule has 4 rings (SSSR count). The molecule has 6 nitrogen and oxygen atoms in total. The van der Waals surface area contributed by atoms with Gasteiger partial charge >= 0.3 is 5.56 Å². The summed E-state index contributed by atoms with van der Waals surface area (Å²) in [7, 11) is 0. The maximum atomic E-state index is 12.7. The maximum absolute atomic E-state index is 12.7. The summed E-state index contributed by atoms with van der Waals surface area (Å²) in [6, 6.07) is 14.2. The smallest absolute Gasteiger partial charge is 0.302 e. The van der Waals surface area contributed by atoms with Crippen molar-refractivity contribution in [3.63, 3.8) is 0 Å². The third-order valence-electron chi connectivity index (χ3n) is 3.63. The van der Waals surface area contributed by atoms with Gasteiger partial charge in [0.25, 0.3) is 0 Å². The first-order valence-corrected chi connectivity index (χ1v) is 8.06. The van der Waals surface area contributed by atoms with Gasteiger partial charge in [0.2, 0.25) is 4.96 Å². The lowest BCUT2D eigenvalue weighted by Gasteiger charge is -1.99. The molecule has 0 aliphatic rings. The molecule has 0 spiro atoms. The van der Waals surface area contributed by atoms with E-state index in [4.69, 9.17) is 0 Å². The summed E-state index contributed by atoms with van der Waals surface area (Å²) in [5.74, 6) is 0.179. The van der Waals surface area contributed by atoms with Crippen molar-refractivity contribution < 1.29 is 5.11 Å². The Kier molecular flexibility index (Phi) is 3.35. The van der Waals surface area contributed by atoms with E-state index in [0.717, 1.165) is 11.1 Å². The van der Waals surface area contributed by atoms with Crippen LogP contribution < -0.4 is 5.56 Å². The molecule has 24 heavy (non-hydrogen) atoms. The van der Waals surface area contributed by atoms with Crippen LogP contribution in [0.3, 0.4) is 0 Å². The molecule has 2 aromatic heterocycles. The lowest BCUT2D eigenvalue weighted by atomic mass is 10.1. The highest BCUT2D eigenvalue weighted by molar-refractivity contribution is 7.19. The van der Waals surface area contributed by atoms with Crippen molar-refractivity contribution in [2.75, 3.05) is 0 Å². The Morgan fingerprint density at radius 1 is 0.958 bits per heavy atom. The second-order valence-corrected chi connectivity index (χ2v) is 6.32. The average Bonchev–Trinajstić information content (AvgIpc) is 3.02. The molecule has 0 bridgehead atoms. The third kappa shape index (κ3) is 2.44. The summed E-state index contributed by atoms with van der Waals surface area (Å²) in [6.45, 7) is 1.98. The fraction of sp³-hybridized carbons (Fsp3) is 0.0588. The fourth-order valence-electron chi connectivity index (χ4n) is 2.33. The van der Waals surface area contributed by atoms with Crippen LogP contribution in [0.15, 0.2) is 53.3 Å². The molecule has 118 valence electrons. The maximum Gasteiger partial charge on any atom is 0.302 e. The minimum atomic E-state index is -0.301. The number of phenols is 1. The standard InChI is InChI=1S/C17H12N4O2S/c1-10-2-4-11(5-3-10)14-16(23)21-17(19-18-14)24-15(20-21)12-6-8-13(22)9-7-12/h2-9,22H,1H3. The molecule has 0 amide bonds. The molecule has 0 fully saturated rings. The first-order chi connectivity index (χ1) is 11.6. The van der Waals surface area contributed by atoms with Gasteiger partial charge in [-0.25, -0.2) is 0 Å². The number of aromatic hydroxyl groups is 1. The number of hydrogen-bond acceptors (Lipinski definition) is 6. The molecule has 0 atom stereocenters. The van der Waals surface area contributed by atoms with Crippen LogP contribution in [0.5, 0.6) is 5.75 Å². The first kappa shape index (κ1) is 14.5. The van der Waals surface area contributed by atoms with Crippen LogP contribution in [-0.4, -0.2) is 24.9 Å². The predicted octanol–water partition coefficient (Wildman–Crippen LogP) is 2.89. The molecule has 7 heteroatoms. The zero-order valence-corrected chi connectivity index (χ0v) is 13.5. The molecule has 0 saturated heterocycles. The van der Waals surface area contributed by atoms with Gasteiger partial charge in [0.05, 0.1) is 0 Å². The van der Waals surface area contributed by atoms with Gasteiger partial charge in [-0.3, -0.25) is 4.79 Å². The third-order valence-corrected chi connectivity index (χ3v) is 4.58. The van der Waals surface area contributed by atoms with E-state index in [2.05, 4.69) is 15.3 Å². The Balaban J connectivity index is 1.86. The number of rotatable bonds is 2. The zero-order valence-electron chi connectivity index (χ0n) is 12.7. The summed E-state index contributed by atoms with van der Waals surface area (Å²) in [5.41, 5.74) is 2.60. The van der Waals surface area contributed by atoms with Crippen molar-refractivity contribution in [2.45, 2.75) is 6.92 Å². The van der Waals surface area contributed by atoms with Crippen LogP contribution in [0.2, 0.25) is 0 Å². The molecule has 0 radical (unpaired) electrons. The number of phenolic OH excluding ortho intramolecular Hbond substituents is 1. The Bertz CT molecular complexity index is 1080. The van der Waals surface area contributed by atoms with Gasteiger partial charge in [-0.1, -0.05) is 41.2 Å². The van der Waals surface area contributed by atoms with E-state index in [1.165, 1.54) is 15.9 Å². The molecular formula is C17H12N4O2S. The number of aryl methyl sites for hydroxylation is 1. The van der Waals surface area contributed by atoms with Gasteiger partial charge < -0.3 is 5.11 Å². The number of benzene rings is 2. The second-order valence-electron chi connectivity index (χ2n) is 5.37. The van der Waals surface area contributed by atoms with Crippen LogP contribution >= 0.6 is 11.3 Å². The highest BCUT2D eigenvalue weighted by Crippen LogP contribution is 2.26. The molecule has 0 aliphatic carbocycles. The molecule has 2 heterocycles. The first-order valence-electron chi connectivity index (χ1n) is 7.25. The van der Waals surface area contributed by atoms with Crippen LogP contribution in [0.25, 0.3) is 26.8 Å². The van der Waals surface area contributed by atoms with E-state index >= 15 is 0 Å². The summed E-state index contributed by atoms with van der Waals surface area (Å²) < 4.78 is 1.27. The van der Waals surface area contributed by atoms with E-state index in [1.54, 1.807) is 24.3 Å².